The second-order valence-electron chi connectivity index (χ2n) is 5.87. The lowest BCUT2D eigenvalue weighted by Crippen LogP contribution is -2.03. The van der Waals surface area contributed by atoms with E-state index in [2.05, 4.69) is 0 Å². The van der Waals surface area contributed by atoms with Gasteiger partial charge in [-0.15, -0.1) is 0 Å². The SMILES string of the molecule is CCOC(=O)CCCCCCCCCCCCCCCO.O. The minimum absolute atomic E-state index is 0. The van der Waals surface area contributed by atoms with Crippen molar-refractivity contribution in [2.75, 3.05) is 13.2 Å². The number of carbonyl (C=O) groups is 1. The Morgan fingerprint density at radius 3 is 1.45 bits per heavy atom. The minimum Gasteiger partial charge on any atom is -0.466 e. The predicted molar refractivity (Wildman–Crippen MR) is 92.0 cm³/mol. The summed E-state index contributed by atoms with van der Waals surface area (Å²) in [5.74, 6) is -0.0449. The summed E-state index contributed by atoms with van der Waals surface area (Å²) in [6.45, 7) is 2.70. The number of esters is 1. The molecule has 0 saturated heterocycles. The van der Waals surface area contributed by atoms with Gasteiger partial charge in [0.15, 0.2) is 0 Å². The normalized spacial score (nSPS) is 10.3. The molecule has 0 atom stereocenters. The Bertz CT molecular complexity index is 219. The Labute approximate surface area is 136 Å². The molecule has 0 aliphatic carbocycles. The van der Waals surface area contributed by atoms with Crippen LogP contribution < -0.4 is 0 Å². The Hall–Kier alpha value is -0.610. The molecule has 0 amide bonds. The molecule has 0 aliphatic rings. The van der Waals surface area contributed by atoms with E-state index < -0.39 is 0 Å². The fourth-order valence-corrected chi connectivity index (χ4v) is 2.56. The van der Waals surface area contributed by atoms with Crippen LogP contribution in [0.1, 0.15) is 96.8 Å². The molecule has 22 heavy (non-hydrogen) atoms. The molecule has 0 radical (unpaired) electrons. The highest BCUT2D eigenvalue weighted by atomic mass is 16.5. The van der Waals surface area contributed by atoms with Gasteiger partial charge in [-0.2, -0.15) is 0 Å². The number of unbranched alkanes of at least 4 members (excludes halogenated alkanes) is 12. The zero-order valence-corrected chi connectivity index (χ0v) is 14.6. The van der Waals surface area contributed by atoms with Crippen molar-refractivity contribution < 1.29 is 20.1 Å². The van der Waals surface area contributed by atoms with Crippen LogP contribution in [0.3, 0.4) is 0 Å². The molecular weight excluding hydrogens is 280 g/mol. The number of rotatable bonds is 16. The van der Waals surface area contributed by atoms with Crippen LogP contribution in [0.5, 0.6) is 0 Å². The van der Waals surface area contributed by atoms with E-state index in [1.165, 1.54) is 64.2 Å². The number of hydrogen-bond acceptors (Lipinski definition) is 3. The summed E-state index contributed by atoms with van der Waals surface area (Å²) in [4.78, 5) is 11.1. The number of ether oxygens (including phenoxy) is 1. The standard InChI is InChI=1S/C18H36O3.H2O/c1-2-21-18(20)16-14-12-10-8-6-4-3-5-7-9-11-13-15-17-19;/h19H,2-17H2,1H3;1H2. The van der Waals surface area contributed by atoms with Gasteiger partial charge in [0.2, 0.25) is 0 Å². The first-order valence-electron chi connectivity index (χ1n) is 9.07. The van der Waals surface area contributed by atoms with E-state index >= 15 is 0 Å². The lowest BCUT2D eigenvalue weighted by molar-refractivity contribution is -0.143. The van der Waals surface area contributed by atoms with Crippen LogP contribution in [0, 0.1) is 0 Å². The molecule has 0 fully saturated rings. The number of aliphatic hydroxyl groups excluding tert-OH is 1. The molecule has 0 bridgehead atoms. The summed E-state index contributed by atoms with van der Waals surface area (Å²) in [6, 6.07) is 0. The van der Waals surface area contributed by atoms with Gasteiger partial charge in [0, 0.05) is 13.0 Å². The molecule has 4 heteroatoms. The number of hydrogen-bond donors (Lipinski definition) is 1. The van der Waals surface area contributed by atoms with Crippen LogP contribution in [-0.4, -0.2) is 29.8 Å². The van der Waals surface area contributed by atoms with Crippen molar-refractivity contribution in [1.82, 2.24) is 0 Å². The van der Waals surface area contributed by atoms with Crippen molar-refractivity contribution in [2.24, 2.45) is 0 Å². The molecule has 0 aromatic rings. The predicted octanol–water partition coefficient (Wildman–Crippen LogP) is 4.18. The van der Waals surface area contributed by atoms with Gasteiger partial charge in [-0.05, 0) is 19.8 Å². The maximum atomic E-state index is 11.1. The number of aliphatic hydroxyl groups is 1. The number of carbonyl (C=O) groups excluding carboxylic acids is 1. The molecule has 0 aromatic carbocycles. The third-order valence-electron chi connectivity index (χ3n) is 3.84. The van der Waals surface area contributed by atoms with E-state index in [9.17, 15) is 4.79 Å². The lowest BCUT2D eigenvalue weighted by atomic mass is 10.0. The summed E-state index contributed by atoms with van der Waals surface area (Å²) in [5.41, 5.74) is 0. The van der Waals surface area contributed by atoms with Crippen LogP contribution in [0.15, 0.2) is 0 Å². The van der Waals surface area contributed by atoms with Crippen LogP contribution in [0.4, 0.5) is 0 Å². The second kappa shape index (κ2) is 20.4. The highest BCUT2D eigenvalue weighted by Crippen LogP contribution is 2.13. The van der Waals surface area contributed by atoms with E-state index in [1.54, 1.807) is 0 Å². The topological polar surface area (TPSA) is 78.0 Å². The highest BCUT2D eigenvalue weighted by molar-refractivity contribution is 5.69. The summed E-state index contributed by atoms with van der Waals surface area (Å²) in [6.07, 6.45) is 16.8. The summed E-state index contributed by atoms with van der Waals surface area (Å²) in [5, 5.41) is 8.67. The van der Waals surface area contributed by atoms with E-state index in [0.717, 1.165) is 19.3 Å². The summed E-state index contributed by atoms with van der Waals surface area (Å²) in [7, 11) is 0. The van der Waals surface area contributed by atoms with Crippen molar-refractivity contribution in [2.45, 2.75) is 96.8 Å². The molecule has 0 unspecified atom stereocenters. The molecule has 3 N–H and O–H groups in total. The van der Waals surface area contributed by atoms with Gasteiger partial charge in [0.05, 0.1) is 6.61 Å². The molecule has 0 aromatic heterocycles. The molecule has 134 valence electrons. The maximum absolute atomic E-state index is 11.1. The lowest BCUT2D eigenvalue weighted by Gasteiger charge is -2.03. The summed E-state index contributed by atoms with van der Waals surface area (Å²) >= 11 is 0. The van der Waals surface area contributed by atoms with Crippen LogP contribution in [0.2, 0.25) is 0 Å². The molecule has 0 saturated carbocycles. The van der Waals surface area contributed by atoms with Crippen LogP contribution in [0.25, 0.3) is 0 Å². The second-order valence-corrected chi connectivity index (χ2v) is 5.87. The van der Waals surface area contributed by atoms with Crippen molar-refractivity contribution >= 4 is 5.97 Å². The first kappa shape index (κ1) is 23.7. The van der Waals surface area contributed by atoms with E-state index in [4.69, 9.17) is 9.84 Å². The van der Waals surface area contributed by atoms with Gasteiger partial charge < -0.3 is 15.3 Å². The van der Waals surface area contributed by atoms with Crippen molar-refractivity contribution in [3.8, 4) is 0 Å². The fourth-order valence-electron chi connectivity index (χ4n) is 2.56. The molecule has 0 aliphatic heterocycles. The van der Waals surface area contributed by atoms with E-state index in [-0.39, 0.29) is 11.4 Å². The van der Waals surface area contributed by atoms with Gasteiger partial charge in [0.25, 0.3) is 0 Å². The van der Waals surface area contributed by atoms with Crippen molar-refractivity contribution in [3.05, 3.63) is 0 Å². The Morgan fingerprint density at radius 1 is 0.727 bits per heavy atom. The zero-order chi connectivity index (χ0) is 15.6. The first-order chi connectivity index (χ1) is 10.3. The third kappa shape index (κ3) is 19.4. The van der Waals surface area contributed by atoms with Gasteiger partial charge in [-0.1, -0.05) is 70.6 Å². The largest absolute Gasteiger partial charge is 0.466 e. The van der Waals surface area contributed by atoms with Crippen molar-refractivity contribution in [3.63, 3.8) is 0 Å². The van der Waals surface area contributed by atoms with E-state index in [1.807, 2.05) is 6.92 Å². The van der Waals surface area contributed by atoms with Crippen LogP contribution in [-0.2, 0) is 9.53 Å². The maximum Gasteiger partial charge on any atom is 0.305 e. The Kier molecular flexibility index (Phi) is 21.9. The van der Waals surface area contributed by atoms with Crippen LogP contribution >= 0.6 is 0 Å². The monoisotopic (exact) mass is 318 g/mol. The molecular formula is C18H38O4. The van der Waals surface area contributed by atoms with Gasteiger partial charge in [0.1, 0.15) is 0 Å². The molecule has 0 rings (SSSR count). The molecule has 0 heterocycles. The Morgan fingerprint density at radius 2 is 1.09 bits per heavy atom. The molecule has 0 spiro atoms. The van der Waals surface area contributed by atoms with Gasteiger partial charge >= 0.3 is 5.97 Å². The van der Waals surface area contributed by atoms with E-state index in [0.29, 0.717) is 19.6 Å². The first-order valence-corrected chi connectivity index (χ1v) is 9.07. The third-order valence-corrected chi connectivity index (χ3v) is 3.84. The smallest absolute Gasteiger partial charge is 0.305 e. The Balaban J connectivity index is 0. The fraction of sp³-hybridized carbons (Fsp3) is 0.944. The highest BCUT2D eigenvalue weighted by Gasteiger charge is 2.00. The van der Waals surface area contributed by atoms with Gasteiger partial charge in [-0.25, -0.2) is 0 Å². The minimum atomic E-state index is -0.0449. The average molecular weight is 318 g/mol. The van der Waals surface area contributed by atoms with Gasteiger partial charge in [-0.3, -0.25) is 4.79 Å². The zero-order valence-electron chi connectivity index (χ0n) is 14.6. The average Bonchev–Trinajstić information content (AvgIpc) is 2.48. The van der Waals surface area contributed by atoms with Crippen molar-refractivity contribution in [1.29, 1.82) is 0 Å². The quantitative estimate of drug-likeness (QED) is 0.342. The summed E-state index contributed by atoms with van der Waals surface area (Å²) < 4.78 is 4.90. The molecule has 4 nitrogen and oxygen atoms in total.